The maximum atomic E-state index is 14.6. The minimum absolute atomic E-state index is 0.319. The molecule has 1 aliphatic rings. The molecule has 1 amide bonds. The lowest BCUT2D eigenvalue weighted by Crippen LogP contribution is -2.19. The standard InChI is InChI=1S/C24H20FN3OS/c25-20-15-18(11-12-21(20)28-13-5-6-14-28)27-24(29)19-8-2-4-10-23(19)30-22-9-3-1-7-17(22)16-26/h1-4,7-12,15H,5-6,13-14H2,(H,27,29). The van der Waals surface area contributed by atoms with Gasteiger partial charge in [0, 0.05) is 28.6 Å². The fourth-order valence-corrected chi connectivity index (χ4v) is 4.53. The van der Waals surface area contributed by atoms with E-state index in [0.717, 1.165) is 35.7 Å². The Labute approximate surface area is 179 Å². The van der Waals surface area contributed by atoms with Gasteiger partial charge in [-0.3, -0.25) is 4.79 Å². The average molecular weight is 418 g/mol. The fraction of sp³-hybridized carbons (Fsp3) is 0.167. The van der Waals surface area contributed by atoms with Gasteiger partial charge in [0.2, 0.25) is 0 Å². The Balaban J connectivity index is 1.54. The first kappa shape index (κ1) is 20.0. The molecule has 1 fully saturated rings. The molecule has 1 saturated heterocycles. The smallest absolute Gasteiger partial charge is 0.256 e. The van der Waals surface area contributed by atoms with Crippen LogP contribution in [0.4, 0.5) is 15.8 Å². The van der Waals surface area contributed by atoms with Gasteiger partial charge < -0.3 is 10.2 Å². The Morgan fingerprint density at radius 2 is 1.70 bits per heavy atom. The molecule has 3 aromatic rings. The molecule has 0 saturated carbocycles. The Kier molecular flexibility index (Phi) is 6.01. The summed E-state index contributed by atoms with van der Waals surface area (Å²) in [4.78, 5) is 16.4. The maximum absolute atomic E-state index is 14.6. The van der Waals surface area contributed by atoms with E-state index in [1.54, 1.807) is 30.3 Å². The summed E-state index contributed by atoms with van der Waals surface area (Å²) in [6.45, 7) is 1.72. The summed E-state index contributed by atoms with van der Waals surface area (Å²) in [5, 5.41) is 12.1. The van der Waals surface area contributed by atoms with Crippen molar-refractivity contribution < 1.29 is 9.18 Å². The molecular weight excluding hydrogens is 397 g/mol. The molecule has 0 atom stereocenters. The van der Waals surface area contributed by atoms with Crippen molar-refractivity contribution in [3.63, 3.8) is 0 Å². The summed E-state index contributed by atoms with van der Waals surface area (Å²) in [5.41, 5.74) is 2.02. The first-order valence-electron chi connectivity index (χ1n) is 9.77. The number of nitrogens with one attached hydrogen (secondary N) is 1. The van der Waals surface area contributed by atoms with E-state index in [9.17, 15) is 14.4 Å². The highest BCUT2D eigenvalue weighted by molar-refractivity contribution is 7.99. The average Bonchev–Trinajstić information content (AvgIpc) is 3.29. The highest BCUT2D eigenvalue weighted by Gasteiger charge is 2.18. The summed E-state index contributed by atoms with van der Waals surface area (Å²) in [7, 11) is 0. The molecule has 4 nitrogen and oxygen atoms in total. The molecule has 0 unspecified atom stereocenters. The topological polar surface area (TPSA) is 56.1 Å². The van der Waals surface area contributed by atoms with Crippen molar-refractivity contribution in [2.24, 2.45) is 0 Å². The van der Waals surface area contributed by atoms with Gasteiger partial charge in [0.25, 0.3) is 5.91 Å². The lowest BCUT2D eigenvalue weighted by atomic mass is 10.2. The largest absolute Gasteiger partial charge is 0.369 e. The second-order valence-corrected chi connectivity index (χ2v) is 8.10. The number of carbonyl (C=O) groups excluding carboxylic acids is 1. The van der Waals surface area contributed by atoms with Crippen LogP contribution in [0.2, 0.25) is 0 Å². The predicted molar refractivity (Wildman–Crippen MR) is 118 cm³/mol. The van der Waals surface area contributed by atoms with Gasteiger partial charge in [0.15, 0.2) is 0 Å². The first-order chi connectivity index (χ1) is 14.7. The van der Waals surface area contributed by atoms with Crippen LogP contribution < -0.4 is 10.2 Å². The number of carbonyl (C=O) groups is 1. The van der Waals surface area contributed by atoms with E-state index in [1.165, 1.54) is 17.8 Å². The van der Waals surface area contributed by atoms with Crippen molar-refractivity contribution >= 4 is 29.0 Å². The summed E-state index contributed by atoms with van der Waals surface area (Å²) < 4.78 is 14.6. The van der Waals surface area contributed by atoms with Crippen LogP contribution in [0.3, 0.4) is 0 Å². The van der Waals surface area contributed by atoms with Gasteiger partial charge in [-0.05, 0) is 55.3 Å². The number of halogens is 1. The Bertz CT molecular complexity index is 1120. The quantitative estimate of drug-likeness (QED) is 0.578. The van der Waals surface area contributed by atoms with Gasteiger partial charge in [-0.25, -0.2) is 4.39 Å². The van der Waals surface area contributed by atoms with Crippen LogP contribution in [0.15, 0.2) is 76.5 Å². The summed E-state index contributed by atoms with van der Waals surface area (Å²) in [6, 6.07) is 21.4. The highest BCUT2D eigenvalue weighted by atomic mass is 32.2. The maximum Gasteiger partial charge on any atom is 0.256 e. The highest BCUT2D eigenvalue weighted by Crippen LogP contribution is 2.33. The van der Waals surface area contributed by atoms with Gasteiger partial charge in [-0.2, -0.15) is 5.26 Å². The van der Waals surface area contributed by atoms with E-state index in [0.29, 0.717) is 22.5 Å². The normalized spacial score (nSPS) is 13.1. The number of rotatable bonds is 5. The molecule has 0 aromatic heterocycles. The van der Waals surface area contributed by atoms with Gasteiger partial charge in [-0.1, -0.05) is 36.0 Å². The van der Waals surface area contributed by atoms with E-state index in [1.807, 2.05) is 35.2 Å². The van der Waals surface area contributed by atoms with Crippen molar-refractivity contribution in [3.8, 4) is 6.07 Å². The summed E-state index contributed by atoms with van der Waals surface area (Å²) >= 11 is 1.36. The number of hydrogen-bond donors (Lipinski definition) is 1. The number of benzene rings is 3. The SMILES string of the molecule is N#Cc1ccccc1Sc1ccccc1C(=O)Nc1ccc(N2CCCC2)c(F)c1. The molecule has 0 spiro atoms. The molecule has 1 heterocycles. The van der Waals surface area contributed by atoms with Gasteiger partial charge in [0.05, 0.1) is 16.8 Å². The van der Waals surface area contributed by atoms with Crippen molar-refractivity contribution in [1.29, 1.82) is 5.26 Å². The van der Waals surface area contributed by atoms with Crippen LogP contribution in [-0.2, 0) is 0 Å². The molecule has 30 heavy (non-hydrogen) atoms. The monoisotopic (exact) mass is 417 g/mol. The fourth-order valence-electron chi connectivity index (χ4n) is 3.51. The lowest BCUT2D eigenvalue weighted by molar-refractivity contribution is 0.102. The minimum atomic E-state index is -0.333. The zero-order valence-electron chi connectivity index (χ0n) is 16.3. The van der Waals surface area contributed by atoms with Crippen molar-refractivity contribution in [1.82, 2.24) is 0 Å². The van der Waals surface area contributed by atoms with Crippen LogP contribution in [0.25, 0.3) is 0 Å². The van der Waals surface area contributed by atoms with Crippen LogP contribution in [0, 0.1) is 17.1 Å². The number of hydrogen-bond acceptors (Lipinski definition) is 4. The van der Waals surface area contributed by atoms with Crippen LogP contribution in [0.5, 0.6) is 0 Å². The van der Waals surface area contributed by atoms with E-state index in [-0.39, 0.29) is 11.7 Å². The molecular formula is C24H20FN3OS. The molecule has 1 aliphatic heterocycles. The molecule has 0 aliphatic carbocycles. The first-order valence-corrected chi connectivity index (χ1v) is 10.6. The third-order valence-electron chi connectivity index (χ3n) is 5.01. The molecule has 1 N–H and O–H groups in total. The molecule has 6 heteroatoms. The van der Waals surface area contributed by atoms with Crippen LogP contribution >= 0.6 is 11.8 Å². The molecule has 4 rings (SSSR count). The van der Waals surface area contributed by atoms with Gasteiger partial charge in [-0.15, -0.1) is 0 Å². The van der Waals surface area contributed by atoms with E-state index in [2.05, 4.69) is 11.4 Å². The lowest BCUT2D eigenvalue weighted by Gasteiger charge is -2.19. The third kappa shape index (κ3) is 4.32. The molecule has 0 radical (unpaired) electrons. The second-order valence-electron chi connectivity index (χ2n) is 7.02. The summed E-state index contributed by atoms with van der Waals surface area (Å²) in [6.07, 6.45) is 2.14. The zero-order chi connectivity index (χ0) is 20.9. The van der Waals surface area contributed by atoms with E-state index >= 15 is 0 Å². The molecule has 0 bridgehead atoms. The molecule has 3 aromatic carbocycles. The Morgan fingerprint density at radius 1 is 1.00 bits per heavy atom. The predicted octanol–water partition coefficient (Wildman–Crippen LogP) is 5.70. The second kappa shape index (κ2) is 9.02. The van der Waals surface area contributed by atoms with Crippen molar-refractivity contribution in [2.75, 3.05) is 23.3 Å². The van der Waals surface area contributed by atoms with Gasteiger partial charge in [0.1, 0.15) is 11.9 Å². The number of nitrogens with zero attached hydrogens (tertiary/aromatic N) is 2. The van der Waals surface area contributed by atoms with Gasteiger partial charge >= 0.3 is 0 Å². The Hall–Kier alpha value is -3.30. The van der Waals surface area contributed by atoms with Crippen molar-refractivity contribution in [2.45, 2.75) is 22.6 Å². The van der Waals surface area contributed by atoms with Crippen molar-refractivity contribution in [3.05, 3.63) is 83.7 Å². The van der Waals surface area contributed by atoms with E-state index in [4.69, 9.17) is 0 Å². The number of nitriles is 1. The van der Waals surface area contributed by atoms with Crippen LogP contribution in [0.1, 0.15) is 28.8 Å². The summed E-state index contributed by atoms with van der Waals surface area (Å²) in [5.74, 6) is -0.652. The number of amides is 1. The number of anilines is 2. The van der Waals surface area contributed by atoms with E-state index < -0.39 is 0 Å². The Morgan fingerprint density at radius 3 is 2.43 bits per heavy atom. The third-order valence-corrected chi connectivity index (χ3v) is 6.16. The zero-order valence-corrected chi connectivity index (χ0v) is 17.1. The minimum Gasteiger partial charge on any atom is -0.369 e. The molecule has 150 valence electrons. The van der Waals surface area contributed by atoms with Crippen LogP contribution in [-0.4, -0.2) is 19.0 Å².